The standard InChI is InChI=1S/C12H10BrClN2/c13-11-10-5-2-6-16(10)15-12(11)8-3-1-4-9(14)7-8/h1,3-4,7H,2,5-6H2. The van der Waals surface area contributed by atoms with Gasteiger partial charge in [-0.05, 0) is 40.9 Å². The largest absolute Gasteiger partial charge is 0.268 e. The summed E-state index contributed by atoms with van der Waals surface area (Å²) in [6.45, 7) is 1.02. The number of fused-ring (bicyclic) bond motifs is 1. The van der Waals surface area contributed by atoms with Gasteiger partial charge in [-0.1, -0.05) is 23.7 Å². The van der Waals surface area contributed by atoms with Crippen LogP contribution in [-0.2, 0) is 13.0 Å². The number of aromatic nitrogens is 2. The lowest BCUT2D eigenvalue weighted by Crippen LogP contribution is -1.94. The number of rotatable bonds is 1. The molecule has 16 heavy (non-hydrogen) atoms. The second-order valence-electron chi connectivity index (χ2n) is 3.95. The summed E-state index contributed by atoms with van der Waals surface area (Å²) in [6.07, 6.45) is 2.30. The van der Waals surface area contributed by atoms with Gasteiger partial charge in [0, 0.05) is 17.1 Å². The van der Waals surface area contributed by atoms with Gasteiger partial charge in [-0.15, -0.1) is 0 Å². The lowest BCUT2D eigenvalue weighted by Gasteiger charge is -1.99. The maximum atomic E-state index is 5.99. The zero-order valence-electron chi connectivity index (χ0n) is 8.58. The average Bonchev–Trinajstić information content (AvgIpc) is 2.82. The zero-order chi connectivity index (χ0) is 11.1. The van der Waals surface area contributed by atoms with E-state index in [2.05, 4.69) is 25.7 Å². The van der Waals surface area contributed by atoms with Crippen LogP contribution in [0.25, 0.3) is 11.3 Å². The van der Waals surface area contributed by atoms with Crippen LogP contribution in [0, 0.1) is 0 Å². The van der Waals surface area contributed by atoms with E-state index in [4.69, 9.17) is 11.6 Å². The Morgan fingerprint density at radius 1 is 1.38 bits per heavy atom. The predicted molar refractivity (Wildman–Crippen MR) is 68.7 cm³/mol. The first-order valence-corrected chi connectivity index (χ1v) is 6.44. The molecular formula is C12H10BrClN2. The van der Waals surface area contributed by atoms with Crippen LogP contribution in [0.5, 0.6) is 0 Å². The molecule has 0 aliphatic carbocycles. The van der Waals surface area contributed by atoms with Gasteiger partial charge in [-0.2, -0.15) is 5.10 Å². The first kappa shape index (κ1) is 10.4. The normalized spacial score (nSPS) is 14.1. The number of aryl methyl sites for hydroxylation is 1. The number of hydrogen-bond donors (Lipinski definition) is 0. The van der Waals surface area contributed by atoms with Gasteiger partial charge in [0.1, 0.15) is 5.69 Å². The minimum absolute atomic E-state index is 0.748. The summed E-state index contributed by atoms with van der Waals surface area (Å²) in [4.78, 5) is 0. The van der Waals surface area contributed by atoms with Crippen molar-refractivity contribution in [2.45, 2.75) is 19.4 Å². The zero-order valence-corrected chi connectivity index (χ0v) is 10.9. The van der Waals surface area contributed by atoms with Crippen molar-refractivity contribution in [2.24, 2.45) is 0 Å². The van der Waals surface area contributed by atoms with Gasteiger partial charge in [-0.3, -0.25) is 4.68 Å². The van der Waals surface area contributed by atoms with Crippen LogP contribution in [0.1, 0.15) is 12.1 Å². The molecule has 0 unspecified atom stereocenters. The Hall–Kier alpha value is -0.800. The molecule has 0 bridgehead atoms. The van der Waals surface area contributed by atoms with Gasteiger partial charge in [0.05, 0.1) is 10.2 Å². The Labute approximate surface area is 107 Å². The monoisotopic (exact) mass is 296 g/mol. The summed E-state index contributed by atoms with van der Waals surface area (Å²) in [6, 6.07) is 7.82. The fourth-order valence-electron chi connectivity index (χ4n) is 2.12. The molecule has 0 saturated carbocycles. The van der Waals surface area contributed by atoms with Crippen molar-refractivity contribution in [2.75, 3.05) is 0 Å². The van der Waals surface area contributed by atoms with E-state index < -0.39 is 0 Å². The van der Waals surface area contributed by atoms with E-state index in [9.17, 15) is 0 Å². The fraction of sp³-hybridized carbons (Fsp3) is 0.250. The molecule has 4 heteroatoms. The molecule has 0 amide bonds. The minimum atomic E-state index is 0.748. The molecule has 82 valence electrons. The Morgan fingerprint density at radius 2 is 2.25 bits per heavy atom. The number of nitrogens with zero attached hydrogens (tertiary/aromatic N) is 2. The summed E-state index contributed by atoms with van der Waals surface area (Å²) in [5.74, 6) is 0. The third-order valence-electron chi connectivity index (χ3n) is 2.88. The molecule has 3 rings (SSSR count). The molecule has 0 spiro atoms. The Bertz CT molecular complexity index is 548. The Balaban J connectivity index is 2.14. The summed E-state index contributed by atoms with van der Waals surface area (Å²) in [5.41, 5.74) is 3.37. The van der Waals surface area contributed by atoms with Crippen LogP contribution in [0.15, 0.2) is 28.7 Å². The molecule has 2 nitrogen and oxygen atoms in total. The minimum Gasteiger partial charge on any atom is -0.268 e. The van der Waals surface area contributed by atoms with E-state index in [-0.39, 0.29) is 0 Å². The molecule has 0 atom stereocenters. The van der Waals surface area contributed by atoms with E-state index in [0.29, 0.717) is 0 Å². The van der Waals surface area contributed by atoms with E-state index >= 15 is 0 Å². The van der Waals surface area contributed by atoms with E-state index in [0.717, 1.165) is 33.7 Å². The summed E-state index contributed by atoms with van der Waals surface area (Å²) in [5, 5.41) is 5.36. The molecular weight excluding hydrogens is 288 g/mol. The van der Waals surface area contributed by atoms with Crippen LogP contribution in [-0.4, -0.2) is 9.78 Å². The maximum Gasteiger partial charge on any atom is 0.107 e. The van der Waals surface area contributed by atoms with Gasteiger partial charge < -0.3 is 0 Å². The third kappa shape index (κ3) is 1.59. The van der Waals surface area contributed by atoms with Crippen molar-refractivity contribution in [1.82, 2.24) is 9.78 Å². The van der Waals surface area contributed by atoms with E-state index in [1.165, 1.54) is 12.1 Å². The quantitative estimate of drug-likeness (QED) is 0.780. The van der Waals surface area contributed by atoms with Crippen LogP contribution in [0.2, 0.25) is 5.02 Å². The first-order valence-electron chi connectivity index (χ1n) is 5.27. The lowest BCUT2D eigenvalue weighted by atomic mass is 10.1. The molecule has 0 saturated heterocycles. The van der Waals surface area contributed by atoms with Crippen molar-refractivity contribution >= 4 is 27.5 Å². The highest BCUT2D eigenvalue weighted by atomic mass is 79.9. The highest BCUT2D eigenvalue weighted by molar-refractivity contribution is 9.10. The summed E-state index contributed by atoms with van der Waals surface area (Å²) < 4.78 is 3.20. The van der Waals surface area contributed by atoms with E-state index in [1.54, 1.807) is 0 Å². The highest BCUT2D eigenvalue weighted by Crippen LogP contribution is 2.34. The first-order chi connectivity index (χ1) is 7.75. The van der Waals surface area contributed by atoms with Crippen LogP contribution in [0.4, 0.5) is 0 Å². The Morgan fingerprint density at radius 3 is 3.00 bits per heavy atom. The third-order valence-corrected chi connectivity index (χ3v) is 3.94. The number of benzene rings is 1. The fourth-order valence-corrected chi connectivity index (χ4v) is 3.02. The number of hydrogen-bond acceptors (Lipinski definition) is 1. The molecule has 2 aromatic rings. The van der Waals surface area contributed by atoms with Crippen molar-refractivity contribution in [3.05, 3.63) is 39.5 Å². The topological polar surface area (TPSA) is 17.8 Å². The van der Waals surface area contributed by atoms with Gasteiger partial charge >= 0.3 is 0 Å². The van der Waals surface area contributed by atoms with Crippen LogP contribution >= 0.6 is 27.5 Å². The predicted octanol–water partition coefficient (Wildman–Crippen LogP) is 3.91. The van der Waals surface area contributed by atoms with E-state index in [1.807, 2.05) is 24.3 Å². The average molecular weight is 298 g/mol. The Kier molecular flexibility index (Phi) is 2.52. The smallest absolute Gasteiger partial charge is 0.107 e. The molecule has 0 N–H and O–H groups in total. The number of halogens is 2. The van der Waals surface area contributed by atoms with Crippen molar-refractivity contribution in [1.29, 1.82) is 0 Å². The maximum absolute atomic E-state index is 5.99. The van der Waals surface area contributed by atoms with Crippen molar-refractivity contribution < 1.29 is 0 Å². The van der Waals surface area contributed by atoms with Gasteiger partial charge in [0.2, 0.25) is 0 Å². The van der Waals surface area contributed by atoms with Crippen LogP contribution in [0.3, 0.4) is 0 Å². The highest BCUT2D eigenvalue weighted by Gasteiger charge is 2.20. The SMILES string of the molecule is Clc1cccc(-c2nn3c(c2Br)CCC3)c1. The molecule has 1 aromatic heterocycles. The van der Waals surface area contributed by atoms with Crippen molar-refractivity contribution in [3.8, 4) is 11.3 Å². The van der Waals surface area contributed by atoms with Crippen molar-refractivity contribution in [3.63, 3.8) is 0 Å². The molecule has 1 aliphatic heterocycles. The second kappa shape index (κ2) is 3.90. The van der Waals surface area contributed by atoms with Crippen LogP contribution < -0.4 is 0 Å². The van der Waals surface area contributed by atoms with Gasteiger partial charge in [0.15, 0.2) is 0 Å². The molecule has 2 heterocycles. The molecule has 0 radical (unpaired) electrons. The van der Waals surface area contributed by atoms with Gasteiger partial charge in [0.25, 0.3) is 0 Å². The molecule has 1 aliphatic rings. The second-order valence-corrected chi connectivity index (χ2v) is 5.18. The summed E-state index contributed by atoms with van der Waals surface area (Å²) in [7, 11) is 0. The lowest BCUT2D eigenvalue weighted by molar-refractivity contribution is 0.659. The molecule has 0 fully saturated rings. The van der Waals surface area contributed by atoms with Gasteiger partial charge in [-0.25, -0.2) is 0 Å². The molecule has 1 aromatic carbocycles. The summed E-state index contributed by atoms with van der Waals surface area (Å²) >= 11 is 9.63.